The monoisotopic (exact) mass is 556 g/mol. The number of Topliss-reactive ketones (excluding diaryl/α,β-unsaturated/α-hetero) is 2. The standard InChI is InChI=1S/C30H44N4O6/c1-4-5-14-23(26(36)27(37)32-24(21(2)3)25(35)22-12-8-6-9-13-22)31-28(38)30(15-10-7-11-16-30)33-29(39)34-17-19-40-20-18-34/h6,8-9,12-13,21,23-24H,4-5,7,10-11,14-20H2,1-3H3,(H,31,38)(H,32,37)(H,33,39)/t23-,24-/m0/s1. The number of ketones is 2. The summed E-state index contributed by atoms with van der Waals surface area (Å²) in [6.45, 7) is 7.34. The quantitative estimate of drug-likeness (QED) is 0.268. The third-order valence-corrected chi connectivity index (χ3v) is 7.77. The van der Waals surface area contributed by atoms with E-state index in [1.54, 1.807) is 49.1 Å². The number of carbonyl (C=O) groups is 5. The summed E-state index contributed by atoms with van der Waals surface area (Å²) in [6, 6.07) is 6.35. The van der Waals surface area contributed by atoms with Gasteiger partial charge in [0.2, 0.25) is 11.7 Å². The van der Waals surface area contributed by atoms with Crippen LogP contribution in [0.1, 0.15) is 82.5 Å². The second-order valence-corrected chi connectivity index (χ2v) is 11.1. The fraction of sp³-hybridized carbons (Fsp3) is 0.633. The van der Waals surface area contributed by atoms with E-state index in [0.717, 1.165) is 25.7 Å². The van der Waals surface area contributed by atoms with Crippen LogP contribution in [0.25, 0.3) is 0 Å². The lowest BCUT2D eigenvalue weighted by Gasteiger charge is -2.39. The number of amides is 4. The van der Waals surface area contributed by atoms with Gasteiger partial charge in [-0.1, -0.05) is 83.2 Å². The van der Waals surface area contributed by atoms with Crippen LogP contribution in [0.2, 0.25) is 0 Å². The van der Waals surface area contributed by atoms with Crippen molar-refractivity contribution in [1.82, 2.24) is 20.9 Å². The average Bonchev–Trinajstić information content (AvgIpc) is 2.98. The van der Waals surface area contributed by atoms with Crippen LogP contribution in [0.5, 0.6) is 0 Å². The van der Waals surface area contributed by atoms with E-state index in [-0.39, 0.29) is 24.2 Å². The van der Waals surface area contributed by atoms with Gasteiger partial charge in [0, 0.05) is 18.7 Å². The summed E-state index contributed by atoms with van der Waals surface area (Å²) < 4.78 is 5.34. The van der Waals surface area contributed by atoms with E-state index in [4.69, 9.17) is 4.74 Å². The molecule has 220 valence electrons. The van der Waals surface area contributed by atoms with Gasteiger partial charge in [0.1, 0.15) is 5.54 Å². The van der Waals surface area contributed by atoms with E-state index in [2.05, 4.69) is 16.0 Å². The van der Waals surface area contributed by atoms with E-state index in [9.17, 15) is 24.0 Å². The number of benzene rings is 1. The van der Waals surface area contributed by atoms with Gasteiger partial charge in [-0.15, -0.1) is 0 Å². The summed E-state index contributed by atoms with van der Waals surface area (Å²) in [6.07, 6.45) is 5.06. The lowest BCUT2D eigenvalue weighted by atomic mass is 9.80. The minimum Gasteiger partial charge on any atom is -0.378 e. The first kappa shape index (κ1) is 31.3. The van der Waals surface area contributed by atoms with Crippen LogP contribution in [-0.2, 0) is 19.1 Å². The first-order chi connectivity index (χ1) is 19.2. The van der Waals surface area contributed by atoms with Gasteiger partial charge in [0.25, 0.3) is 5.91 Å². The Balaban J connectivity index is 1.74. The second kappa shape index (κ2) is 14.9. The highest BCUT2D eigenvalue weighted by Gasteiger charge is 2.44. The number of nitrogens with one attached hydrogen (secondary N) is 3. The van der Waals surface area contributed by atoms with Crippen LogP contribution in [0, 0.1) is 5.92 Å². The van der Waals surface area contributed by atoms with E-state index in [0.29, 0.717) is 51.1 Å². The molecule has 1 saturated heterocycles. The average molecular weight is 557 g/mol. The molecule has 3 rings (SSSR count). The number of urea groups is 1. The minimum absolute atomic E-state index is 0.256. The van der Waals surface area contributed by atoms with E-state index in [1.165, 1.54) is 0 Å². The van der Waals surface area contributed by atoms with Crippen molar-refractivity contribution in [2.24, 2.45) is 5.92 Å². The molecule has 0 unspecified atom stereocenters. The molecule has 0 spiro atoms. The molecule has 2 atom stereocenters. The highest BCUT2D eigenvalue weighted by atomic mass is 16.5. The van der Waals surface area contributed by atoms with Crippen molar-refractivity contribution >= 4 is 29.4 Å². The van der Waals surface area contributed by atoms with Gasteiger partial charge in [0.05, 0.1) is 25.3 Å². The zero-order valence-electron chi connectivity index (χ0n) is 24.0. The number of carbonyl (C=O) groups excluding carboxylic acids is 5. The van der Waals surface area contributed by atoms with Gasteiger partial charge in [0.15, 0.2) is 5.78 Å². The number of morpholine rings is 1. The molecule has 1 aliphatic carbocycles. The summed E-state index contributed by atoms with van der Waals surface area (Å²) in [4.78, 5) is 68.1. The predicted molar refractivity (Wildman–Crippen MR) is 151 cm³/mol. The van der Waals surface area contributed by atoms with Gasteiger partial charge < -0.3 is 25.6 Å². The van der Waals surface area contributed by atoms with Crippen LogP contribution < -0.4 is 16.0 Å². The molecule has 3 N–H and O–H groups in total. The Morgan fingerprint density at radius 1 is 0.950 bits per heavy atom. The Kier molecular flexibility index (Phi) is 11.7. The molecule has 10 heteroatoms. The highest BCUT2D eigenvalue weighted by molar-refractivity contribution is 6.39. The first-order valence-corrected chi connectivity index (χ1v) is 14.6. The Hall–Kier alpha value is -3.27. The third kappa shape index (κ3) is 8.13. The number of hydrogen-bond donors (Lipinski definition) is 3. The number of hydrogen-bond acceptors (Lipinski definition) is 6. The van der Waals surface area contributed by atoms with Gasteiger partial charge in [-0.2, -0.15) is 0 Å². The number of nitrogens with zero attached hydrogens (tertiary/aromatic N) is 1. The van der Waals surface area contributed by atoms with E-state index in [1.807, 2.05) is 6.92 Å². The van der Waals surface area contributed by atoms with Gasteiger partial charge in [-0.05, 0) is 25.2 Å². The van der Waals surface area contributed by atoms with Crippen LogP contribution in [0.3, 0.4) is 0 Å². The molecule has 1 saturated carbocycles. The molecule has 1 aliphatic heterocycles. The van der Waals surface area contributed by atoms with Crippen LogP contribution in [0.4, 0.5) is 4.79 Å². The number of rotatable bonds is 12. The molecule has 2 fully saturated rings. The molecule has 40 heavy (non-hydrogen) atoms. The molecule has 1 aromatic rings. The SMILES string of the molecule is CCCC[C@H](NC(=O)C1(NC(=O)N2CCOCC2)CCCCC1)C(=O)C(=O)N[C@H](C(=O)c1ccccc1)C(C)C. The fourth-order valence-electron chi connectivity index (χ4n) is 5.28. The van der Waals surface area contributed by atoms with Crippen LogP contribution >= 0.6 is 0 Å². The summed E-state index contributed by atoms with van der Waals surface area (Å²) in [5.41, 5.74) is -0.710. The molecular weight excluding hydrogens is 512 g/mol. The lowest BCUT2D eigenvalue weighted by molar-refractivity contribution is -0.141. The largest absolute Gasteiger partial charge is 0.378 e. The second-order valence-electron chi connectivity index (χ2n) is 11.1. The highest BCUT2D eigenvalue weighted by Crippen LogP contribution is 2.29. The summed E-state index contributed by atoms with van der Waals surface area (Å²) in [7, 11) is 0. The zero-order chi connectivity index (χ0) is 29.1. The summed E-state index contributed by atoms with van der Waals surface area (Å²) >= 11 is 0. The lowest BCUT2D eigenvalue weighted by Crippen LogP contribution is -2.65. The molecule has 10 nitrogen and oxygen atoms in total. The predicted octanol–water partition coefficient (Wildman–Crippen LogP) is 3.00. The molecule has 0 aromatic heterocycles. The maximum absolute atomic E-state index is 13.8. The van der Waals surface area contributed by atoms with Gasteiger partial charge >= 0.3 is 6.03 Å². The normalized spacial score (nSPS) is 18.4. The third-order valence-electron chi connectivity index (χ3n) is 7.77. The molecule has 4 amide bonds. The molecule has 1 aromatic carbocycles. The van der Waals surface area contributed by atoms with Crippen LogP contribution in [0.15, 0.2) is 30.3 Å². The molecule has 1 heterocycles. The van der Waals surface area contributed by atoms with Gasteiger partial charge in [-0.25, -0.2) is 4.79 Å². The minimum atomic E-state index is -1.15. The molecule has 0 radical (unpaired) electrons. The Bertz CT molecular complexity index is 1030. The van der Waals surface area contributed by atoms with E-state index >= 15 is 0 Å². The Morgan fingerprint density at radius 2 is 1.60 bits per heavy atom. The fourth-order valence-corrected chi connectivity index (χ4v) is 5.28. The first-order valence-electron chi connectivity index (χ1n) is 14.6. The smallest absolute Gasteiger partial charge is 0.318 e. The van der Waals surface area contributed by atoms with Crippen molar-refractivity contribution in [1.29, 1.82) is 0 Å². The Morgan fingerprint density at radius 3 is 2.20 bits per heavy atom. The number of ether oxygens (including phenoxy) is 1. The van der Waals surface area contributed by atoms with Crippen molar-refractivity contribution in [2.75, 3.05) is 26.3 Å². The zero-order valence-corrected chi connectivity index (χ0v) is 24.0. The molecular formula is C30H44N4O6. The summed E-state index contributed by atoms with van der Waals surface area (Å²) in [5, 5.41) is 8.43. The topological polar surface area (TPSA) is 134 Å². The van der Waals surface area contributed by atoms with Crippen molar-refractivity contribution in [3.63, 3.8) is 0 Å². The van der Waals surface area contributed by atoms with Crippen LogP contribution in [-0.4, -0.2) is 78.2 Å². The summed E-state index contributed by atoms with van der Waals surface area (Å²) in [5.74, 6) is -2.68. The van der Waals surface area contributed by atoms with Crippen molar-refractivity contribution < 1.29 is 28.7 Å². The van der Waals surface area contributed by atoms with Crippen molar-refractivity contribution in [3.8, 4) is 0 Å². The number of unbranched alkanes of at least 4 members (excludes halogenated alkanes) is 1. The van der Waals surface area contributed by atoms with Crippen molar-refractivity contribution in [2.45, 2.75) is 89.8 Å². The van der Waals surface area contributed by atoms with Crippen molar-refractivity contribution in [3.05, 3.63) is 35.9 Å². The molecule has 2 aliphatic rings. The van der Waals surface area contributed by atoms with Gasteiger partial charge in [-0.3, -0.25) is 19.2 Å². The van der Waals surface area contributed by atoms with E-state index < -0.39 is 35.2 Å². The maximum atomic E-state index is 13.8. The molecule has 0 bridgehead atoms. The maximum Gasteiger partial charge on any atom is 0.318 e. The Labute approximate surface area is 237 Å².